The van der Waals surface area contributed by atoms with E-state index in [1.165, 1.54) is 4.90 Å². The van der Waals surface area contributed by atoms with E-state index >= 15 is 0 Å². The molecule has 2 aliphatic heterocycles. The van der Waals surface area contributed by atoms with Gasteiger partial charge in [0.15, 0.2) is 0 Å². The number of carboxylic acid groups (broad SMARTS) is 1. The van der Waals surface area contributed by atoms with Crippen LogP contribution < -0.4 is 5.32 Å². The average Bonchev–Trinajstić information content (AvgIpc) is 3.48. The summed E-state index contributed by atoms with van der Waals surface area (Å²) in [7, 11) is 0. The van der Waals surface area contributed by atoms with Gasteiger partial charge in [-0.15, -0.1) is 0 Å². The first-order valence-electron chi connectivity index (χ1n) is 11.3. The lowest BCUT2D eigenvalue weighted by atomic mass is 9.72. The summed E-state index contributed by atoms with van der Waals surface area (Å²) in [4.78, 5) is 41.3. The van der Waals surface area contributed by atoms with Crippen molar-refractivity contribution in [2.45, 2.75) is 38.4 Å². The van der Waals surface area contributed by atoms with Crippen molar-refractivity contribution in [2.24, 2.45) is 17.8 Å². The number of rotatable bonds is 6. The number of benzene rings is 2. The number of likely N-dealkylation sites (tertiary alicyclic amines) is 1. The number of aliphatic carboxylic acids is 1. The first-order chi connectivity index (χ1) is 15.9. The molecule has 2 fully saturated rings. The molecule has 0 spiro atoms. The zero-order valence-corrected chi connectivity index (χ0v) is 18.5. The minimum absolute atomic E-state index is 0.120. The molecule has 3 aromatic rings. The standard InChI is InChI=1S/C26H26N2O5/c1-3-15(2)26(25(31)32)21-20(22(27-26)19-13-17-11-7-8-12-18(17)33-19)23(29)28(24(21)30)14-16-9-5-4-6-10-16/h4-13,15,20-22,27H,3,14H2,1-2H3,(H,31,32). The predicted molar refractivity (Wildman–Crippen MR) is 121 cm³/mol. The number of imide groups is 1. The molecule has 2 N–H and O–H groups in total. The first kappa shape index (κ1) is 21.4. The number of fused-ring (bicyclic) bond motifs is 2. The van der Waals surface area contributed by atoms with E-state index in [0.29, 0.717) is 17.8 Å². The van der Waals surface area contributed by atoms with Crippen LogP contribution in [-0.4, -0.2) is 33.3 Å². The van der Waals surface area contributed by atoms with Gasteiger partial charge < -0.3 is 9.52 Å². The molecule has 0 bridgehead atoms. The van der Waals surface area contributed by atoms with Gasteiger partial charge in [0.1, 0.15) is 16.9 Å². The number of nitrogens with one attached hydrogen (secondary N) is 1. The fourth-order valence-electron chi connectivity index (χ4n) is 5.50. The molecule has 2 aliphatic rings. The number of hydrogen-bond acceptors (Lipinski definition) is 5. The van der Waals surface area contributed by atoms with Gasteiger partial charge in [0.25, 0.3) is 0 Å². The van der Waals surface area contributed by atoms with Crippen LogP contribution in [0.25, 0.3) is 11.0 Å². The molecule has 170 valence electrons. The lowest BCUT2D eigenvalue weighted by Gasteiger charge is -2.35. The molecule has 2 aromatic carbocycles. The molecule has 5 unspecified atom stereocenters. The number of carboxylic acids is 1. The van der Waals surface area contributed by atoms with E-state index in [4.69, 9.17) is 4.42 Å². The van der Waals surface area contributed by atoms with Crippen LogP contribution in [0.15, 0.2) is 65.1 Å². The van der Waals surface area contributed by atoms with E-state index < -0.39 is 35.3 Å². The molecule has 0 saturated carbocycles. The summed E-state index contributed by atoms with van der Waals surface area (Å²) in [6.45, 7) is 3.83. The predicted octanol–water partition coefficient (Wildman–Crippen LogP) is 3.75. The summed E-state index contributed by atoms with van der Waals surface area (Å²) >= 11 is 0. The number of hydrogen-bond donors (Lipinski definition) is 2. The second-order valence-corrected chi connectivity index (χ2v) is 9.04. The van der Waals surface area contributed by atoms with E-state index in [0.717, 1.165) is 10.9 Å². The SMILES string of the molecule is CCC(C)C1(C(=O)O)NC(c2cc3ccccc3o2)C2C(=O)N(Cc3ccccc3)C(=O)C21. The highest BCUT2D eigenvalue weighted by Gasteiger charge is 2.70. The van der Waals surface area contributed by atoms with Crippen LogP contribution in [0, 0.1) is 17.8 Å². The van der Waals surface area contributed by atoms with Crippen LogP contribution in [0.1, 0.15) is 37.6 Å². The highest BCUT2D eigenvalue weighted by atomic mass is 16.4. The lowest BCUT2D eigenvalue weighted by Crippen LogP contribution is -2.59. The van der Waals surface area contributed by atoms with Crippen molar-refractivity contribution in [2.75, 3.05) is 0 Å². The number of para-hydroxylation sites is 1. The van der Waals surface area contributed by atoms with Crippen LogP contribution in [0.2, 0.25) is 0 Å². The van der Waals surface area contributed by atoms with Gasteiger partial charge in [-0.2, -0.15) is 0 Å². The Morgan fingerprint density at radius 2 is 1.82 bits per heavy atom. The van der Waals surface area contributed by atoms with Gasteiger partial charge in [0.2, 0.25) is 11.8 Å². The number of amides is 2. The van der Waals surface area contributed by atoms with Gasteiger partial charge in [0, 0.05) is 5.39 Å². The molecule has 3 heterocycles. The maximum atomic E-state index is 13.7. The third-order valence-corrected chi connectivity index (χ3v) is 7.36. The highest BCUT2D eigenvalue weighted by Crippen LogP contribution is 2.52. The molecule has 7 nitrogen and oxygen atoms in total. The van der Waals surface area contributed by atoms with Gasteiger partial charge in [0.05, 0.1) is 24.4 Å². The first-order valence-corrected chi connectivity index (χ1v) is 11.3. The largest absolute Gasteiger partial charge is 0.480 e. The van der Waals surface area contributed by atoms with Crippen LogP contribution in [0.3, 0.4) is 0 Å². The van der Waals surface area contributed by atoms with Crippen molar-refractivity contribution in [3.05, 3.63) is 72.0 Å². The summed E-state index contributed by atoms with van der Waals surface area (Å²) in [6.07, 6.45) is 0.537. The van der Waals surface area contributed by atoms with Crippen molar-refractivity contribution in [3.63, 3.8) is 0 Å². The third-order valence-electron chi connectivity index (χ3n) is 7.36. The molecule has 2 amide bonds. The fraction of sp³-hybridized carbons (Fsp3) is 0.346. The van der Waals surface area contributed by atoms with Crippen LogP contribution >= 0.6 is 0 Å². The second-order valence-electron chi connectivity index (χ2n) is 9.04. The number of carbonyl (C=O) groups is 3. The molecule has 7 heteroatoms. The number of nitrogens with zero attached hydrogens (tertiary/aromatic N) is 1. The van der Waals surface area contributed by atoms with Crippen molar-refractivity contribution in [1.82, 2.24) is 10.2 Å². The normalized spacial score (nSPS) is 27.8. The summed E-state index contributed by atoms with van der Waals surface area (Å²) < 4.78 is 6.05. The third kappa shape index (κ3) is 3.10. The Hall–Kier alpha value is -3.45. The van der Waals surface area contributed by atoms with Gasteiger partial charge in [-0.1, -0.05) is 68.8 Å². The average molecular weight is 447 g/mol. The molecule has 0 radical (unpaired) electrons. The Balaban J connectivity index is 1.62. The van der Waals surface area contributed by atoms with Crippen molar-refractivity contribution in [3.8, 4) is 0 Å². The van der Waals surface area contributed by atoms with E-state index in [9.17, 15) is 19.5 Å². The molecular formula is C26H26N2O5. The van der Waals surface area contributed by atoms with Gasteiger partial charge in [-0.05, 0) is 23.6 Å². The summed E-state index contributed by atoms with van der Waals surface area (Å²) in [5.74, 6) is -3.70. The van der Waals surface area contributed by atoms with Crippen molar-refractivity contribution in [1.29, 1.82) is 0 Å². The van der Waals surface area contributed by atoms with Crippen LogP contribution in [0.4, 0.5) is 0 Å². The molecule has 5 rings (SSSR count). The molecule has 33 heavy (non-hydrogen) atoms. The monoisotopic (exact) mass is 446 g/mol. The molecule has 5 atom stereocenters. The van der Waals surface area contributed by atoms with Crippen molar-refractivity contribution >= 4 is 28.8 Å². The Labute approximate surface area is 191 Å². The highest BCUT2D eigenvalue weighted by molar-refractivity contribution is 6.09. The van der Waals surface area contributed by atoms with Crippen molar-refractivity contribution < 1.29 is 23.9 Å². The maximum Gasteiger partial charge on any atom is 0.325 e. The Morgan fingerprint density at radius 3 is 2.48 bits per heavy atom. The van der Waals surface area contributed by atoms with E-state index in [1.54, 1.807) is 0 Å². The van der Waals surface area contributed by atoms with E-state index in [2.05, 4.69) is 5.32 Å². The molecule has 0 aliphatic carbocycles. The minimum atomic E-state index is -1.57. The lowest BCUT2D eigenvalue weighted by molar-refractivity contribution is -0.154. The summed E-state index contributed by atoms with van der Waals surface area (Å²) in [5.41, 5.74) is -0.0988. The second kappa shape index (κ2) is 7.85. The molecule has 1 aromatic heterocycles. The minimum Gasteiger partial charge on any atom is -0.480 e. The van der Waals surface area contributed by atoms with E-state index in [-0.39, 0.29) is 18.4 Å². The van der Waals surface area contributed by atoms with Gasteiger partial charge in [-0.3, -0.25) is 24.6 Å². The topological polar surface area (TPSA) is 99.8 Å². The van der Waals surface area contributed by atoms with E-state index in [1.807, 2.05) is 74.5 Å². The Kier molecular flexibility index (Phi) is 5.09. The zero-order valence-electron chi connectivity index (χ0n) is 18.5. The summed E-state index contributed by atoms with van der Waals surface area (Å²) in [5, 5.41) is 14.5. The summed E-state index contributed by atoms with van der Waals surface area (Å²) in [6, 6.07) is 17.8. The Bertz CT molecular complexity index is 1200. The van der Waals surface area contributed by atoms with Crippen LogP contribution in [-0.2, 0) is 20.9 Å². The Morgan fingerprint density at radius 1 is 1.12 bits per heavy atom. The number of furan rings is 1. The van der Waals surface area contributed by atoms with Gasteiger partial charge in [-0.25, -0.2) is 0 Å². The maximum absolute atomic E-state index is 13.7. The number of carbonyl (C=O) groups excluding carboxylic acids is 2. The van der Waals surface area contributed by atoms with Crippen LogP contribution in [0.5, 0.6) is 0 Å². The molecular weight excluding hydrogens is 420 g/mol. The van der Waals surface area contributed by atoms with Gasteiger partial charge >= 0.3 is 5.97 Å². The fourth-order valence-corrected chi connectivity index (χ4v) is 5.50. The smallest absolute Gasteiger partial charge is 0.325 e. The quantitative estimate of drug-likeness (QED) is 0.560. The zero-order chi connectivity index (χ0) is 23.3. The molecule has 2 saturated heterocycles.